The second-order valence-electron chi connectivity index (χ2n) is 3.63. The van der Waals surface area contributed by atoms with E-state index in [2.05, 4.69) is 26.0 Å². The zero-order valence-corrected chi connectivity index (χ0v) is 8.96. The first-order valence-electron chi connectivity index (χ1n) is 5.16. The van der Waals surface area contributed by atoms with Crippen molar-refractivity contribution in [2.24, 2.45) is 5.73 Å². The third-order valence-electron chi connectivity index (χ3n) is 2.58. The number of nitrogens with two attached hydrogens (primary N) is 1. The Hall–Kier alpha value is -0.860. The van der Waals surface area contributed by atoms with Gasteiger partial charge in [-0.2, -0.15) is 0 Å². The Morgan fingerprint density at radius 1 is 1.43 bits per heavy atom. The van der Waals surface area contributed by atoms with E-state index in [-0.39, 0.29) is 0 Å². The van der Waals surface area contributed by atoms with Crippen molar-refractivity contribution >= 4 is 0 Å². The van der Waals surface area contributed by atoms with Gasteiger partial charge in [0.1, 0.15) is 0 Å². The van der Waals surface area contributed by atoms with Crippen LogP contribution in [0.1, 0.15) is 36.1 Å². The maximum atomic E-state index is 9.75. The average Bonchev–Trinajstić information content (AvgIpc) is 2.19. The van der Waals surface area contributed by atoms with Crippen molar-refractivity contribution < 1.29 is 5.11 Å². The monoisotopic (exact) mass is 193 g/mol. The predicted octanol–water partition coefficient (Wildman–Crippen LogP) is 1.94. The molecule has 0 aliphatic heterocycles. The summed E-state index contributed by atoms with van der Waals surface area (Å²) in [6.07, 6.45) is 1.23. The smallest absolute Gasteiger partial charge is 0.0802 e. The van der Waals surface area contributed by atoms with Gasteiger partial charge < -0.3 is 10.8 Å². The average molecular weight is 193 g/mol. The van der Waals surface area contributed by atoms with Crippen molar-refractivity contribution in [1.29, 1.82) is 0 Å². The summed E-state index contributed by atoms with van der Waals surface area (Å²) >= 11 is 0. The first-order valence-corrected chi connectivity index (χ1v) is 5.16. The minimum absolute atomic E-state index is 0.411. The summed E-state index contributed by atoms with van der Waals surface area (Å²) in [5, 5.41) is 9.75. The fraction of sp³-hybridized carbons (Fsp3) is 0.500. The molecule has 14 heavy (non-hydrogen) atoms. The summed E-state index contributed by atoms with van der Waals surface area (Å²) in [4.78, 5) is 0. The molecule has 0 amide bonds. The van der Waals surface area contributed by atoms with Crippen molar-refractivity contribution in [2.45, 2.75) is 32.8 Å². The second kappa shape index (κ2) is 5.13. The first kappa shape index (κ1) is 11.2. The highest BCUT2D eigenvalue weighted by Crippen LogP contribution is 2.19. The molecule has 1 aromatic carbocycles. The molecule has 3 N–H and O–H groups in total. The van der Waals surface area contributed by atoms with Gasteiger partial charge in [0.15, 0.2) is 0 Å². The number of benzene rings is 1. The summed E-state index contributed by atoms with van der Waals surface area (Å²) in [6, 6.07) is 6.12. The molecule has 0 aromatic heterocycles. The van der Waals surface area contributed by atoms with E-state index in [1.54, 1.807) is 0 Å². The molecular weight excluding hydrogens is 174 g/mol. The van der Waals surface area contributed by atoms with Crippen LogP contribution in [0, 0.1) is 6.92 Å². The summed E-state index contributed by atoms with van der Waals surface area (Å²) in [5.74, 6) is 0. The predicted molar refractivity (Wildman–Crippen MR) is 59.2 cm³/mol. The van der Waals surface area contributed by atoms with Gasteiger partial charge in [0, 0.05) is 0 Å². The summed E-state index contributed by atoms with van der Waals surface area (Å²) in [6.45, 7) is 4.75. The van der Waals surface area contributed by atoms with Crippen LogP contribution in [0.2, 0.25) is 0 Å². The van der Waals surface area contributed by atoms with E-state index in [1.807, 2.05) is 6.07 Å². The Kier molecular flexibility index (Phi) is 4.11. The van der Waals surface area contributed by atoms with Crippen molar-refractivity contribution in [2.75, 3.05) is 6.54 Å². The highest BCUT2D eigenvalue weighted by atomic mass is 16.3. The molecule has 0 heterocycles. The third kappa shape index (κ3) is 2.56. The summed E-state index contributed by atoms with van der Waals surface area (Å²) < 4.78 is 0. The molecule has 78 valence electrons. The van der Waals surface area contributed by atoms with Gasteiger partial charge in [-0.15, -0.1) is 0 Å². The number of aryl methyl sites for hydroxylation is 2. The molecule has 0 fully saturated rings. The lowest BCUT2D eigenvalue weighted by atomic mass is 9.99. The highest BCUT2D eigenvalue weighted by Gasteiger charge is 2.07. The lowest BCUT2D eigenvalue weighted by Gasteiger charge is -2.12. The molecule has 2 heteroatoms. The first-order chi connectivity index (χ1) is 6.69. The van der Waals surface area contributed by atoms with Crippen LogP contribution in [0.3, 0.4) is 0 Å². The van der Waals surface area contributed by atoms with E-state index in [1.165, 1.54) is 11.1 Å². The van der Waals surface area contributed by atoms with Gasteiger partial charge in [0.2, 0.25) is 0 Å². The normalized spacial score (nSPS) is 12.9. The van der Waals surface area contributed by atoms with E-state index in [4.69, 9.17) is 5.73 Å². The minimum Gasteiger partial charge on any atom is -0.388 e. The number of rotatable bonds is 4. The van der Waals surface area contributed by atoms with Gasteiger partial charge >= 0.3 is 0 Å². The van der Waals surface area contributed by atoms with E-state index in [0.29, 0.717) is 13.0 Å². The SMILES string of the molecule is CCc1cc(C(O)CCN)ccc1C. The van der Waals surface area contributed by atoms with E-state index < -0.39 is 6.10 Å². The van der Waals surface area contributed by atoms with Crippen molar-refractivity contribution in [3.63, 3.8) is 0 Å². The van der Waals surface area contributed by atoms with Crippen LogP contribution in [0.4, 0.5) is 0 Å². The number of hydrogen-bond donors (Lipinski definition) is 2. The molecule has 1 aromatic rings. The molecule has 1 atom stereocenters. The van der Waals surface area contributed by atoms with Crippen LogP contribution in [-0.4, -0.2) is 11.7 Å². The highest BCUT2D eigenvalue weighted by molar-refractivity contribution is 5.32. The lowest BCUT2D eigenvalue weighted by Crippen LogP contribution is -2.07. The molecule has 0 aliphatic rings. The fourth-order valence-electron chi connectivity index (χ4n) is 1.60. The number of hydrogen-bond acceptors (Lipinski definition) is 2. The van der Waals surface area contributed by atoms with Gasteiger partial charge in [0.05, 0.1) is 6.10 Å². The fourth-order valence-corrected chi connectivity index (χ4v) is 1.60. The van der Waals surface area contributed by atoms with Crippen LogP contribution >= 0.6 is 0 Å². The zero-order chi connectivity index (χ0) is 10.6. The van der Waals surface area contributed by atoms with Crippen LogP contribution in [-0.2, 0) is 6.42 Å². The molecule has 0 bridgehead atoms. The quantitative estimate of drug-likeness (QED) is 0.767. The Bertz CT molecular complexity index is 296. The van der Waals surface area contributed by atoms with Gasteiger partial charge in [-0.1, -0.05) is 25.1 Å². The number of aliphatic hydroxyl groups is 1. The van der Waals surface area contributed by atoms with Crippen molar-refractivity contribution in [3.8, 4) is 0 Å². The Morgan fingerprint density at radius 3 is 2.71 bits per heavy atom. The van der Waals surface area contributed by atoms with Gasteiger partial charge in [0.25, 0.3) is 0 Å². The third-order valence-corrected chi connectivity index (χ3v) is 2.58. The molecule has 0 aliphatic carbocycles. The Morgan fingerprint density at radius 2 is 2.14 bits per heavy atom. The van der Waals surface area contributed by atoms with E-state index in [9.17, 15) is 5.11 Å². The van der Waals surface area contributed by atoms with Crippen molar-refractivity contribution in [1.82, 2.24) is 0 Å². The zero-order valence-electron chi connectivity index (χ0n) is 8.96. The maximum absolute atomic E-state index is 9.75. The Balaban J connectivity index is 2.88. The minimum atomic E-state index is -0.411. The van der Waals surface area contributed by atoms with Gasteiger partial charge in [-0.25, -0.2) is 0 Å². The summed E-state index contributed by atoms with van der Waals surface area (Å²) in [7, 11) is 0. The molecule has 1 rings (SSSR count). The van der Waals surface area contributed by atoms with Gasteiger partial charge in [-0.3, -0.25) is 0 Å². The topological polar surface area (TPSA) is 46.2 Å². The standard InChI is InChI=1S/C12H19NO/c1-3-10-8-11(5-4-9(10)2)12(14)6-7-13/h4-5,8,12,14H,3,6-7,13H2,1-2H3. The number of aliphatic hydroxyl groups excluding tert-OH is 1. The molecule has 0 radical (unpaired) electrons. The van der Waals surface area contributed by atoms with Gasteiger partial charge in [-0.05, 0) is 43.0 Å². The molecule has 2 nitrogen and oxygen atoms in total. The lowest BCUT2D eigenvalue weighted by molar-refractivity contribution is 0.170. The molecule has 0 saturated carbocycles. The molecular formula is C12H19NO. The summed E-state index contributed by atoms with van der Waals surface area (Å²) in [5.41, 5.74) is 8.98. The van der Waals surface area contributed by atoms with Crippen LogP contribution in [0.5, 0.6) is 0 Å². The largest absolute Gasteiger partial charge is 0.388 e. The van der Waals surface area contributed by atoms with E-state index >= 15 is 0 Å². The maximum Gasteiger partial charge on any atom is 0.0802 e. The Labute approximate surface area is 85.8 Å². The van der Waals surface area contributed by atoms with Crippen LogP contribution in [0.15, 0.2) is 18.2 Å². The van der Waals surface area contributed by atoms with Crippen molar-refractivity contribution in [3.05, 3.63) is 34.9 Å². The second-order valence-corrected chi connectivity index (χ2v) is 3.63. The molecule has 0 spiro atoms. The molecule has 0 saturated heterocycles. The van der Waals surface area contributed by atoms with E-state index in [0.717, 1.165) is 12.0 Å². The molecule has 1 unspecified atom stereocenters. The van der Waals surface area contributed by atoms with Crippen LogP contribution in [0.25, 0.3) is 0 Å². The van der Waals surface area contributed by atoms with Crippen LogP contribution < -0.4 is 5.73 Å².